The van der Waals surface area contributed by atoms with E-state index in [0.29, 0.717) is 19.6 Å². The maximum Gasteiger partial charge on any atom is 0.306 e. The summed E-state index contributed by atoms with van der Waals surface area (Å²) in [5.41, 5.74) is 0. The van der Waals surface area contributed by atoms with E-state index in [1.54, 1.807) is 0 Å². The molecule has 214 valence electrons. The van der Waals surface area contributed by atoms with Crippen molar-refractivity contribution < 1.29 is 19.4 Å². The molecule has 0 aliphatic heterocycles. The third-order valence-electron chi connectivity index (χ3n) is 6.84. The summed E-state index contributed by atoms with van der Waals surface area (Å²) in [7, 11) is 0. The van der Waals surface area contributed by atoms with Gasteiger partial charge in [-0.3, -0.25) is 4.79 Å². The third kappa shape index (κ3) is 27.7. The molecule has 0 aliphatic rings. The number of ether oxygens (including phenoxy) is 2. The van der Waals surface area contributed by atoms with E-state index in [2.05, 4.69) is 26.0 Å². The first-order valence-electron chi connectivity index (χ1n) is 15.8. The van der Waals surface area contributed by atoms with Gasteiger partial charge in [0.2, 0.25) is 0 Å². The van der Waals surface area contributed by atoms with Crippen LogP contribution in [0.2, 0.25) is 0 Å². The van der Waals surface area contributed by atoms with Crippen LogP contribution in [0, 0.1) is 0 Å². The predicted molar refractivity (Wildman–Crippen MR) is 154 cm³/mol. The van der Waals surface area contributed by atoms with E-state index in [1.165, 1.54) is 122 Å². The Morgan fingerprint density at radius 2 is 1.08 bits per heavy atom. The van der Waals surface area contributed by atoms with Gasteiger partial charge in [0.25, 0.3) is 0 Å². The predicted octanol–water partition coefficient (Wildman–Crippen LogP) is 9.48. The van der Waals surface area contributed by atoms with Crippen LogP contribution >= 0.6 is 0 Å². The molecule has 0 aromatic heterocycles. The summed E-state index contributed by atoms with van der Waals surface area (Å²) in [6.45, 7) is 5.26. The van der Waals surface area contributed by atoms with Crippen molar-refractivity contribution in [2.24, 2.45) is 0 Å². The first-order valence-corrected chi connectivity index (χ1v) is 15.8. The van der Waals surface area contributed by atoms with Gasteiger partial charge in [-0.1, -0.05) is 129 Å². The van der Waals surface area contributed by atoms with E-state index >= 15 is 0 Å². The van der Waals surface area contributed by atoms with Crippen molar-refractivity contribution >= 4 is 5.97 Å². The van der Waals surface area contributed by atoms with Crippen LogP contribution in [0.1, 0.15) is 162 Å². The lowest BCUT2D eigenvalue weighted by atomic mass is 10.1. The van der Waals surface area contributed by atoms with Gasteiger partial charge in [-0.2, -0.15) is 0 Å². The Balaban J connectivity index is 3.35. The molecule has 0 bridgehead atoms. The van der Waals surface area contributed by atoms with Crippen molar-refractivity contribution in [2.45, 2.75) is 168 Å². The average Bonchev–Trinajstić information content (AvgIpc) is 2.88. The molecule has 0 amide bonds. The van der Waals surface area contributed by atoms with Crippen LogP contribution in [0.15, 0.2) is 12.2 Å². The molecule has 36 heavy (non-hydrogen) atoms. The summed E-state index contributed by atoms with van der Waals surface area (Å²) in [6, 6.07) is 0. The zero-order chi connectivity index (χ0) is 26.4. The molecule has 0 saturated heterocycles. The van der Waals surface area contributed by atoms with Gasteiger partial charge in [0.05, 0.1) is 13.2 Å². The van der Waals surface area contributed by atoms with Gasteiger partial charge in [-0.25, -0.2) is 0 Å². The number of carbonyl (C=O) groups excluding carboxylic acids is 1. The van der Waals surface area contributed by atoms with E-state index in [9.17, 15) is 9.90 Å². The van der Waals surface area contributed by atoms with Gasteiger partial charge in [0, 0.05) is 13.0 Å². The Labute approximate surface area is 225 Å². The van der Waals surface area contributed by atoms with E-state index < -0.39 is 6.10 Å². The summed E-state index contributed by atoms with van der Waals surface area (Å²) in [5, 5.41) is 9.42. The standard InChI is InChI=1S/C32H62O4/c1-3-5-7-9-10-11-12-13-14-15-16-17-18-19-20-21-22-24-26-28-35-30-31(29-33)36-32(34)27-25-23-8-6-4-2/h14-15,31,33H,3-13,16-30H2,1-2H3/b15-14-. The number of carbonyl (C=O) groups is 1. The van der Waals surface area contributed by atoms with Gasteiger partial charge < -0.3 is 14.6 Å². The molecule has 0 fully saturated rings. The first kappa shape index (κ1) is 35.1. The van der Waals surface area contributed by atoms with Crippen molar-refractivity contribution in [1.82, 2.24) is 0 Å². The third-order valence-corrected chi connectivity index (χ3v) is 6.84. The molecule has 0 radical (unpaired) electrons. The molecule has 4 heteroatoms. The van der Waals surface area contributed by atoms with Gasteiger partial charge in [-0.05, 0) is 38.5 Å². The normalized spacial score (nSPS) is 12.4. The molecule has 0 aliphatic carbocycles. The molecule has 1 N–H and O–H groups in total. The van der Waals surface area contributed by atoms with Crippen molar-refractivity contribution in [1.29, 1.82) is 0 Å². The summed E-state index contributed by atoms with van der Waals surface area (Å²) in [4.78, 5) is 11.9. The van der Waals surface area contributed by atoms with Crippen LogP contribution in [-0.4, -0.2) is 37.0 Å². The zero-order valence-electron chi connectivity index (χ0n) is 24.3. The van der Waals surface area contributed by atoms with E-state index in [-0.39, 0.29) is 12.6 Å². The fourth-order valence-corrected chi connectivity index (χ4v) is 4.44. The number of aliphatic hydroxyl groups excluding tert-OH is 1. The van der Waals surface area contributed by atoms with Gasteiger partial charge in [-0.15, -0.1) is 0 Å². The Kier molecular flexibility index (Phi) is 29.6. The minimum absolute atomic E-state index is 0.170. The SMILES string of the molecule is CCCCCCCCC/C=C\CCCCCCCCCCOCC(CO)OC(=O)CCCCCCC. The summed E-state index contributed by atoms with van der Waals surface area (Å²) < 4.78 is 11.0. The molecular weight excluding hydrogens is 448 g/mol. The van der Waals surface area contributed by atoms with Crippen molar-refractivity contribution in [3.8, 4) is 0 Å². The molecule has 0 aromatic carbocycles. The molecule has 0 heterocycles. The number of esters is 1. The number of unbranched alkanes of at least 4 members (excludes halogenated alkanes) is 19. The van der Waals surface area contributed by atoms with Crippen molar-refractivity contribution in [2.75, 3.05) is 19.8 Å². The van der Waals surface area contributed by atoms with Gasteiger partial charge in [0.1, 0.15) is 6.10 Å². The lowest BCUT2D eigenvalue weighted by molar-refractivity contribution is -0.154. The smallest absolute Gasteiger partial charge is 0.306 e. The molecule has 0 rings (SSSR count). The quantitative estimate of drug-likeness (QED) is 0.0618. The van der Waals surface area contributed by atoms with Crippen molar-refractivity contribution in [3.05, 3.63) is 12.2 Å². The fourth-order valence-electron chi connectivity index (χ4n) is 4.44. The van der Waals surface area contributed by atoms with Gasteiger partial charge in [0.15, 0.2) is 0 Å². The summed E-state index contributed by atoms with van der Waals surface area (Å²) >= 11 is 0. The van der Waals surface area contributed by atoms with Crippen LogP contribution in [0.3, 0.4) is 0 Å². The highest BCUT2D eigenvalue weighted by Crippen LogP contribution is 2.12. The van der Waals surface area contributed by atoms with Crippen molar-refractivity contribution in [3.63, 3.8) is 0 Å². The van der Waals surface area contributed by atoms with Crippen LogP contribution in [0.5, 0.6) is 0 Å². The van der Waals surface area contributed by atoms with Crippen LogP contribution in [0.25, 0.3) is 0 Å². The second-order valence-electron chi connectivity index (χ2n) is 10.5. The molecule has 0 saturated carbocycles. The van der Waals surface area contributed by atoms with Crippen LogP contribution < -0.4 is 0 Å². The number of aliphatic hydroxyl groups is 1. The van der Waals surface area contributed by atoms with E-state index in [4.69, 9.17) is 9.47 Å². The second kappa shape index (κ2) is 30.4. The molecule has 1 atom stereocenters. The number of rotatable bonds is 29. The van der Waals surface area contributed by atoms with Gasteiger partial charge >= 0.3 is 5.97 Å². The minimum atomic E-state index is -0.525. The summed E-state index contributed by atoms with van der Waals surface area (Å²) in [6.07, 6.45) is 32.7. The topological polar surface area (TPSA) is 55.8 Å². The molecule has 1 unspecified atom stereocenters. The maximum atomic E-state index is 11.9. The highest BCUT2D eigenvalue weighted by atomic mass is 16.6. The Bertz CT molecular complexity index is 463. The molecular formula is C32H62O4. The minimum Gasteiger partial charge on any atom is -0.457 e. The molecule has 0 spiro atoms. The zero-order valence-corrected chi connectivity index (χ0v) is 24.3. The monoisotopic (exact) mass is 510 g/mol. The highest BCUT2D eigenvalue weighted by Gasteiger charge is 2.13. The fraction of sp³-hybridized carbons (Fsp3) is 0.906. The summed E-state index contributed by atoms with van der Waals surface area (Å²) in [5.74, 6) is -0.214. The second-order valence-corrected chi connectivity index (χ2v) is 10.5. The first-order chi connectivity index (χ1) is 17.7. The molecule has 0 aromatic rings. The maximum absolute atomic E-state index is 11.9. The Morgan fingerprint density at radius 1 is 0.639 bits per heavy atom. The largest absolute Gasteiger partial charge is 0.457 e. The van der Waals surface area contributed by atoms with E-state index in [0.717, 1.165) is 19.3 Å². The number of hydrogen-bond donors (Lipinski definition) is 1. The lowest BCUT2D eigenvalue weighted by Gasteiger charge is -2.15. The average molecular weight is 511 g/mol. The Hall–Kier alpha value is -0.870. The highest BCUT2D eigenvalue weighted by molar-refractivity contribution is 5.69. The van der Waals surface area contributed by atoms with Crippen LogP contribution in [-0.2, 0) is 14.3 Å². The number of allylic oxidation sites excluding steroid dienone is 2. The lowest BCUT2D eigenvalue weighted by Crippen LogP contribution is -2.27. The Morgan fingerprint density at radius 3 is 1.58 bits per heavy atom. The number of hydrogen-bond acceptors (Lipinski definition) is 4. The molecule has 4 nitrogen and oxygen atoms in total. The van der Waals surface area contributed by atoms with Crippen LogP contribution in [0.4, 0.5) is 0 Å². The van der Waals surface area contributed by atoms with E-state index in [1.807, 2.05) is 0 Å².